The van der Waals surface area contributed by atoms with Gasteiger partial charge in [-0.25, -0.2) is 18.7 Å². The number of hydrogen-bond donors (Lipinski definition) is 3. The molecule has 10 nitrogen and oxygen atoms in total. The molecule has 2 aliphatic carbocycles. The van der Waals surface area contributed by atoms with Crippen molar-refractivity contribution in [3.05, 3.63) is 36.0 Å². The molecule has 4 fully saturated rings. The van der Waals surface area contributed by atoms with Gasteiger partial charge in [-0.3, -0.25) is 9.36 Å². The van der Waals surface area contributed by atoms with E-state index in [0.717, 1.165) is 83.4 Å². The van der Waals surface area contributed by atoms with Gasteiger partial charge in [-0.15, -0.1) is 0 Å². The van der Waals surface area contributed by atoms with Gasteiger partial charge in [-0.05, 0) is 102 Å². The Hall–Kier alpha value is -3.38. The molecule has 0 bridgehead atoms. The molecule has 1 aromatic carbocycles. The van der Waals surface area contributed by atoms with Crippen molar-refractivity contribution >= 4 is 34.7 Å². The van der Waals surface area contributed by atoms with Crippen molar-refractivity contribution in [3.63, 3.8) is 0 Å². The number of fused-ring (bicyclic) bond motifs is 1. The summed E-state index contributed by atoms with van der Waals surface area (Å²) in [5.74, 6) is -0.163. The van der Waals surface area contributed by atoms with Gasteiger partial charge >= 0.3 is 0 Å². The summed E-state index contributed by atoms with van der Waals surface area (Å²) in [6.07, 6.45) is 12.4. The second-order valence-electron chi connectivity index (χ2n) is 13.4. The summed E-state index contributed by atoms with van der Waals surface area (Å²) in [6, 6.07) is 4.22. The molecule has 0 atom stereocenters. The molecule has 4 aliphatic rings. The standard InChI is InChI=1S/C33H44F2N8O2/c34-22-5-12-28(27(35)19-22)38-33-39-29-20-36-32(37-23-6-10-26(44)11-7-23)40-30(29)43(33)25-8-3-21(4-9-25)31(45)42-17-13-24(14-18-42)41-15-1-2-16-41/h5,12,19-21,23-26,44H,1-4,6-11,13-18H2,(H,38,39)(H,36,37,40). The van der Waals surface area contributed by atoms with Crippen LogP contribution >= 0.6 is 0 Å². The monoisotopic (exact) mass is 622 g/mol. The molecule has 0 spiro atoms. The second-order valence-corrected chi connectivity index (χ2v) is 13.4. The lowest BCUT2D eigenvalue weighted by molar-refractivity contribution is -0.138. The molecular formula is C33H44F2N8O2. The predicted octanol–water partition coefficient (Wildman–Crippen LogP) is 5.38. The highest BCUT2D eigenvalue weighted by Gasteiger charge is 2.35. The molecular weight excluding hydrogens is 578 g/mol. The summed E-state index contributed by atoms with van der Waals surface area (Å²) < 4.78 is 30.4. The first-order valence-electron chi connectivity index (χ1n) is 16.9. The maximum absolute atomic E-state index is 14.7. The molecule has 7 rings (SSSR count). The van der Waals surface area contributed by atoms with Crippen LogP contribution in [0, 0.1) is 17.6 Å². The first-order chi connectivity index (χ1) is 21.9. The van der Waals surface area contributed by atoms with Gasteiger partial charge in [0.25, 0.3) is 0 Å². The Bertz CT molecular complexity index is 1490. The second kappa shape index (κ2) is 13.2. The van der Waals surface area contributed by atoms with E-state index in [1.807, 2.05) is 4.57 Å². The summed E-state index contributed by atoms with van der Waals surface area (Å²) in [5, 5.41) is 16.4. The minimum atomic E-state index is -0.704. The van der Waals surface area contributed by atoms with Crippen molar-refractivity contribution in [1.82, 2.24) is 29.3 Å². The fourth-order valence-corrected chi connectivity index (χ4v) is 7.91. The molecule has 4 heterocycles. The number of nitrogens with one attached hydrogen (secondary N) is 2. The van der Waals surface area contributed by atoms with Gasteiger partial charge in [0.1, 0.15) is 17.2 Å². The molecule has 45 heavy (non-hydrogen) atoms. The van der Waals surface area contributed by atoms with E-state index < -0.39 is 11.6 Å². The van der Waals surface area contributed by atoms with Crippen molar-refractivity contribution in [2.24, 2.45) is 5.92 Å². The Morgan fingerprint density at radius 3 is 2.31 bits per heavy atom. The van der Waals surface area contributed by atoms with E-state index in [0.29, 0.717) is 29.1 Å². The average molecular weight is 623 g/mol. The van der Waals surface area contributed by atoms with Crippen LogP contribution in [-0.2, 0) is 4.79 Å². The quantitative estimate of drug-likeness (QED) is 0.322. The summed E-state index contributed by atoms with van der Waals surface area (Å²) in [7, 11) is 0. The highest BCUT2D eigenvalue weighted by Crippen LogP contribution is 2.38. The number of halogens is 2. The number of aliphatic hydroxyl groups is 1. The van der Waals surface area contributed by atoms with Crippen molar-refractivity contribution in [1.29, 1.82) is 0 Å². The highest BCUT2D eigenvalue weighted by molar-refractivity contribution is 5.79. The smallest absolute Gasteiger partial charge is 0.225 e. The minimum absolute atomic E-state index is 0.00108. The lowest BCUT2D eigenvalue weighted by Crippen LogP contribution is -2.48. The number of piperidine rings is 1. The van der Waals surface area contributed by atoms with Crippen molar-refractivity contribution < 1.29 is 18.7 Å². The minimum Gasteiger partial charge on any atom is -0.393 e. The average Bonchev–Trinajstić information content (AvgIpc) is 3.72. The number of amides is 1. The van der Waals surface area contributed by atoms with Crippen molar-refractivity contribution in [3.8, 4) is 0 Å². The van der Waals surface area contributed by atoms with Gasteiger partial charge < -0.3 is 25.5 Å². The van der Waals surface area contributed by atoms with E-state index in [1.165, 1.54) is 38.1 Å². The van der Waals surface area contributed by atoms with Crippen LogP contribution in [0.1, 0.15) is 83.1 Å². The topological polar surface area (TPSA) is 111 Å². The predicted molar refractivity (Wildman–Crippen MR) is 168 cm³/mol. The van der Waals surface area contributed by atoms with E-state index in [-0.39, 0.29) is 35.7 Å². The molecule has 3 aromatic rings. The van der Waals surface area contributed by atoms with E-state index in [9.17, 15) is 18.7 Å². The number of hydrogen-bond acceptors (Lipinski definition) is 8. The van der Waals surface area contributed by atoms with Gasteiger partial charge in [0, 0.05) is 43.2 Å². The van der Waals surface area contributed by atoms with E-state index in [4.69, 9.17) is 9.97 Å². The number of aliphatic hydroxyl groups excluding tert-OH is 1. The Labute approximate surface area is 262 Å². The molecule has 2 saturated carbocycles. The van der Waals surface area contributed by atoms with E-state index >= 15 is 0 Å². The third kappa shape index (κ3) is 6.63. The van der Waals surface area contributed by atoms with E-state index in [1.54, 1.807) is 6.20 Å². The lowest BCUT2D eigenvalue weighted by atomic mass is 9.84. The molecule has 2 aliphatic heterocycles. The molecule has 12 heteroatoms. The van der Waals surface area contributed by atoms with Crippen LogP contribution in [0.25, 0.3) is 11.2 Å². The number of aromatic nitrogens is 4. The summed E-state index contributed by atoms with van der Waals surface area (Å²) in [6.45, 7) is 4.08. The van der Waals surface area contributed by atoms with Crippen molar-refractivity contribution in [2.75, 3.05) is 36.8 Å². The number of rotatable bonds is 7. The summed E-state index contributed by atoms with van der Waals surface area (Å²) >= 11 is 0. The van der Waals surface area contributed by atoms with Crippen LogP contribution in [-0.4, -0.2) is 84.7 Å². The van der Waals surface area contributed by atoms with Crippen molar-refractivity contribution in [2.45, 2.75) is 101 Å². The lowest BCUT2D eigenvalue weighted by Gasteiger charge is -2.39. The van der Waals surface area contributed by atoms with Crippen LogP contribution in [0.2, 0.25) is 0 Å². The fourth-order valence-electron chi connectivity index (χ4n) is 7.91. The number of carbonyl (C=O) groups is 1. The van der Waals surface area contributed by atoms with Gasteiger partial charge in [0.2, 0.25) is 17.8 Å². The maximum Gasteiger partial charge on any atom is 0.225 e. The Morgan fingerprint density at radius 1 is 0.867 bits per heavy atom. The number of carbonyl (C=O) groups excluding carboxylic acids is 1. The van der Waals surface area contributed by atoms with Crippen LogP contribution in [0.3, 0.4) is 0 Å². The molecule has 0 unspecified atom stereocenters. The third-order valence-corrected chi connectivity index (χ3v) is 10.5. The molecule has 1 amide bonds. The Balaban J connectivity index is 1.08. The van der Waals surface area contributed by atoms with Crippen LogP contribution in [0.15, 0.2) is 24.4 Å². The number of nitrogens with zero attached hydrogens (tertiary/aromatic N) is 6. The zero-order valence-electron chi connectivity index (χ0n) is 25.8. The normalized spacial score (nSPS) is 26.8. The van der Waals surface area contributed by atoms with E-state index in [2.05, 4.69) is 25.4 Å². The Kier molecular flexibility index (Phi) is 8.85. The number of benzene rings is 1. The highest BCUT2D eigenvalue weighted by atomic mass is 19.1. The molecule has 0 radical (unpaired) electrons. The van der Waals surface area contributed by atoms with Crippen LogP contribution in [0.5, 0.6) is 0 Å². The zero-order chi connectivity index (χ0) is 30.9. The SMILES string of the molecule is O=C(C1CCC(n2c(Nc3ccc(F)cc3F)nc3cnc(NC4CCC(O)CC4)nc32)CC1)N1CCC(N2CCCC2)CC1. The van der Waals surface area contributed by atoms with Gasteiger partial charge in [0.15, 0.2) is 5.65 Å². The number of anilines is 3. The molecule has 242 valence electrons. The largest absolute Gasteiger partial charge is 0.393 e. The van der Waals surface area contributed by atoms with Gasteiger partial charge in [-0.1, -0.05) is 0 Å². The van der Waals surface area contributed by atoms with Gasteiger partial charge in [0.05, 0.1) is 18.0 Å². The van der Waals surface area contributed by atoms with Gasteiger partial charge in [-0.2, -0.15) is 4.98 Å². The number of imidazole rings is 1. The molecule has 3 N–H and O–H groups in total. The Morgan fingerprint density at radius 2 is 1.60 bits per heavy atom. The summed E-state index contributed by atoms with van der Waals surface area (Å²) in [4.78, 5) is 32.4. The number of likely N-dealkylation sites (tertiary alicyclic amines) is 2. The third-order valence-electron chi connectivity index (χ3n) is 10.5. The fraction of sp³-hybridized carbons (Fsp3) is 0.636. The molecule has 2 saturated heterocycles. The van der Waals surface area contributed by atoms with Crippen LogP contribution in [0.4, 0.5) is 26.4 Å². The first-order valence-corrected chi connectivity index (χ1v) is 16.9. The maximum atomic E-state index is 14.7. The zero-order valence-corrected chi connectivity index (χ0v) is 25.8. The summed E-state index contributed by atoms with van der Waals surface area (Å²) in [5.41, 5.74) is 1.33. The first kappa shape index (κ1) is 30.3. The molecule has 2 aromatic heterocycles. The van der Waals surface area contributed by atoms with Crippen LogP contribution < -0.4 is 10.6 Å².